The smallest absolute Gasteiger partial charge is 0.0859 e. The van der Waals surface area contributed by atoms with Crippen molar-refractivity contribution in [1.82, 2.24) is 0 Å². The van der Waals surface area contributed by atoms with Gasteiger partial charge in [-0.3, -0.25) is 0 Å². The van der Waals surface area contributed by atoms with Crippen LogP contribution in [0, 0.1) is 12.3 Å². The lowest BCUT2D eigenvalue weighted by Gasteiger charge is -2.11. The van der Waals surface area contributed by atoms with Crippen LogP contribution in [0.1, 0.15) is 39.5 Å². The fourth-order valence-electron chi connectivity index (χ4n) is 1.20. The first kappa shape index (κ1) is 11.3. The van der Waals surface area contributed by atoms with Crippen molar-refractivity contribution in [2.24, 2.45) is 0 Å². The van der Waals surface area contributed by atoms with Crippen molar-refractivity contribution in [3.05, 3.63) is 11.6 Å². The summed E-state index contributed by atoms with van der Waals surface area (Å²) in [5.41, 5.74) is 1.10. The third-order valence-corrected chi connectivity index (χ3v) is 1.74. The number of aliphatic hydroxyl groups excluding tert-OH is 1. The molecule has 0 aromatic heterocycles. The first-order chi connectivity index (χ1) is 5.76. The van der Waals surface area contributed by atoms with E-state index < -0.39 is 6.10 Å². The Hall–Kier alpha value is -0.740. The van der Waals surface area contributed by atoms with E-state index in [9.17, 15) is 5.11 Å². The molecule has 1 atom stereocenters. The molecule has 0 saturated carbocycles. The summed E-state index contributed by atoms with van der Waals surface area (Å²) in [7, 11) is 0. The van der Waals surface area contributed by atoms with Gasteiger partial charge in [-0.05, 0) is 18.4 Å². The molecule has 0 aromatic carbocycles. The predicted octanol–water partition coefficient (Wildman–Crippen LogP) is 2.51. The van der Waals surface area contributed by atoms with Crippen LogP contribution < -0.4 is 0 Å². The summed E-state index contributed by atoms with van der Waals surface area (Å²) >= 11 is 0. The third-order valence-electron chi connectivity index (χ3n) is 1.74. The molecule has 0 amide bonds. The standard InChI is InChI=1S/C11H18O/c1-4-7-10(8-5-2)11(12)9-6-3/h3,7,11-12H,4-5,8-9H2,1-2H3/b10-7+. The molecule has 0 fully saturated rings. The van der Waals surface area contributed by atoms with Crippen molar-refractivity contribution in [2.45, 2.75) is 45.6 Å². The van der Waals surface area contributed by atoms with E-state index in [1.807, 2.05) is 0 Å². The van der Waals surface area contributed by atoms with E-state index in [0.717, 1.165) is 24.8 Å². The molecule has 68 valence electrons. The number of terminal acetylenes is 1. The molecule has 0 heterocycles. The van der Waals surface area contributed by atoms with Crippen molar-refractivity contribution in [3.63, 3.8) is 0 Å². The molecule has 1 heteroatoms. The van der Waals surface area contributed by atoms with E-state index in [1.54, 1.807) is 0 Å². The van der Waals surface area contributed by atoms with Gasteiger partial charge in [-0.25, -0.2) is 0 Å². The molecule has 0 radical (unpaired) electrons. The minimum absolute atomic E-state index is 0.421. The molecule has 0 saturated heterocycles. The average Bonchev–Trinajstić information content (AvgIpc) is 2.04. The zero-order valence-electron chi connectivity index (χ0n) is 8.01. The highest BCUT2D eigenvalue weighted by Crippen LogP contribution is 2.13. The summed E-state index contributed by atoms with van der Waals surface area (Å²) in [5.74, 6) is 2.47. The average molecular weight is 166 g/mol. The maximum absolute atomic E-state index is 9.56. The summed E-state index contributed by atoms with van der Waals surface area (Å²) in [6.07, 6.45) is 10.2. The van der Waals surface area contributed by atoms with Crippen molar-refractivity contribution >= 4 is 0 Å². The minimum atomic E-state index is -0.421. The fourth-order valence-corrected chi connectivity index (χ4v) is 1.20. The van der Waals surface area contributed by atoms with Crippen LogP contribution >= 0.6 is 0 Å². The molecular formula is C11H18O. The summed E-state index contributed by atoms with van der Waals surface area (Å²) in [5, 5.41) is 9.56. The Balaban J connectivity index is 4.11. The van der Waals surface area contributed by atoms with E-state index in [4.69, 9.17) is 6.42 Å². The summed E-state index contributed by atoms with van der Waals surface area (Å²) in [6.45, 7) is 4.17. The summed E-state index contributed by atoms with van der Waals surface area (Å²) in [6, 6.07) is 0. The van der Waals surface area contributed by atoms with Crippen LogP contribution in [0.2, 0.25) is 0 Å². The summed E-state index contributed by atoms with van der Waals surface area (Å²) < 4.78 is 0. The van der Waals surface area contributed by atoms with Crippen molar-refractivity contribution in [1.29, 1.82) is 0 Å². The zero-order valence-corrected chi connectivity index (χ0v) is 8.01. The molecule has 0 bridgehead atoms. The number of hydrogen-bond donors (Lipinski definition) is 1. The van der Waals surface area contributed by atoms with Crippen LogP contribution in [-0.2, 0) is 0 Å². The molecular weight excluding hydrogens is 148 g/mol. The SMILES string of the molecule is C#CCC(O)/C(=C/CC)CCC. The van der Waals surface area contributed by atoms with Gasteiger partial charge in [0.2, 0.25) is 0 Å². The van der Waals surface area contributed by atoms with E-state index in [2.05, 4.69) is 25.8 Å². The Labute approximate surface area is 75.5 Å². The molecule has 12 heavy (non-hydrogen) atoms. The first-order valence-corrected chi connectivity index (χ1v) is 4.56. The van der Waals surface area contributed by atoms with Gasteiger partial charge in [-0.15, -0.1) is 12.3 Å². The van der Waals surface area contributed by atoms with Gasteiger partial charge in [0, 0.05) is 6.42 Å². The van der Waals surface area contributed by atoms with Gasteiger partial charge < -0.3 is 5.11 Å². The number of hydrogen-bond acceptors (Lipinski definition) is 1. The van der Waals surface area contributed by atoms with Crippen molar-refractivity contribution < 1.29 is 5.11 Å². The molecule has 1 N–H and O–H groups in total. The Kier molecular flexibility index (Phi) is 6.51. The van der Waals surface area contributed by atoms with Gasteiger partial charge in [-0.2, -0.15) is 0 Å². The molecule has 0 aliphatic carbocycles. The van der Waals surface area contributed by atoms with Gasteiger partial charge in [0.15, 0.2) is 0 Å². The molecule has 1 nitrogen and oxygen atoms in total. The van der Waals surface area contributed by atoms with Crippen LogP contribution in [0.3, 0.4) is 0 Å². The van der Waals surface area contributed by atoms with Crippen LogP contribution in [0.5, 0.6) is 0 Å². The molecule has 0 rings (SSSR count). The van der Waals surface area contributed by atoms with Crippen molar-refractivity contribution in [3.8, 4) is 12.3 Å². The molecule has 0 aromatic rings. The Bertz CT molecular complexity index is 174. The normalized spacial score (nSPS) is 14.0. The molecule has 0 aliphatic rings. The summed E-state index contributed by atoms with van der Waals surface area (Å²) in [4.78, 5) is 0. The fraction of sp³-hybridized carbons (Fsp3) is 0.636. The second-order valence-electron chi connectivity index (χ2n) is 2.86. The van der Waals surface area contributed by atoms with Gasteiger partial charge in [0.25, 0.3) is 0 Å². The first-order valence-electron chi connectivity index (χ1n) is 4.56. The second-order valence-corrected chi connectivity index (χ2v) is 2.86. The van der Waals surface area contributed by atoms with Gasteiger partial charge in [0.1, 0.15) is 0 Å². The number of aliphatic hydroxyl groups is 1. The molecule has 0 spiro atoms. The van der Waals surface area contributed by atoms with Gasteiger partial charge in [0.05, 0.1) is 6.10 Å². The highest BCUT2D eigenvalue weighted by Gasteiger charge is 2.06. The minimum Gasteiger partial charge on any atom is -0.388 e. The monoisotopic (exact) mass is 166 g/mol. The highest BCUT2D eigenvalue weighted by molar-refractivity contribution is 5.10. The second kappa shape index (κ2) is 6.94. The largest absolute Gasteiger partial charge is 0.388 e. The van der Waals surface area contributed by atoms with Crippen LogP contribution in [0.25, 0.3) is 0 Å². The van der Waals surface area contributed by atoms with E-state index in [1.165, 1.54) is 0 Å². The van der Waals surface area contributed by atoms with E-state index in [-0.39, 0.29) is 0 Å². The van der Waals surface area contributed by atoms with Crippen LogP contribution in [-0.4, -0.2) is 11.2 Å². The van der Waals surface area contributed by atoms with Crippen LogP contribution in [0.15, 0.2) is 11.6 Å². The number of rotatable bonds is 5. The van der Waals surface area contributed by atoms with Gasteiger partial charge >= 0.3 is 0 Å². The zero-order chi connectivity index (χ0) is 9.40. The number of allylic oxidation sites excluding steroid dienone is 1. The maximum atomic E-state index is 9.56. The van der Waals surface area contributed by atoms with Gasteiger partial charge in [-0.1, -0.05) is 26.3 Å². The maximum Gasteiger partial charge on any atom is 0.0859 e. The lowest BCUT2D eigenvalue weighted by atomic mass is 10.0. The lowest BCUT2D eigenvalue weighted by molar-refractivity contribution is 0.212. The van der Waals surface area contributed by atoms with Crippen molar-refractivity contribution in [2.75, 3.05) is 0 Å². The Morgan fingerprint density at radius 2 is 2.25 bits per heavy atom. The Morgan fingerprint density at radius 3 is 2.67 bits per heavy atom. The van der Waals surface area contributed by atoms with Crippen LogP contribution in [0.4, 0.5) is 0 Å². The lowest BCUT2D eigenvalue weighted by Crippen LogP contribution is -2.09. The predicted molar refractivity (Wildman–Crippen MR) is 52.7 cm³/mol. The van der Waals surface area contributed by atoms with E-state index in [0.29, 0.717) is 6.42 Å². The molecule has 1 unspecified atom stereocenters. The third kappa shape index (κ3) is 4.20. The highest BCUT2D eigenvalue weighted by atomic mass is 16.3. The quantitative estimate of drug-likeness (QED) is 0.491. The molecule has 0 aliphatic heterocycles. The van der Waals surface area contributed by atoms with E-state index >= 15 is 0 Å². The Morgan fingerprint density at radius 1 is 1.58 bits per heavy atom. The topological polar surface area (TPSA) is 20.2 Å².